The van der Waals surface area contributed by atoms with Crippen molar-refractivity contribution in [1.82, 2.24) is 14.1 Å². The molecule has 0 fully saturated rings. The summed E-state index contributed by atoms with van der Waals surface area (Å²) in [5.74, 6) is -0.381. The van der Waals surface area contributed by atoms with Gasteiger partial charge in [0.2, 0.25) is 0 Å². The van der Waals surface area contributed by atoms with Crippen LogP contribution in [0.3, 0.4) is 0 Å². The highest BCUT2D eigenvalue weighted by Gasteiger charge is 2.45. The number of allylic oxidation sites excluding steroid dienone is 2. The van der Waals surface area contributed by atoms with E-state index in [0.29, 0.717) is 17.8 Å². The largest absolute Gasteiger partial charge is 0.344 e. The number of carbonyl (C=O) groups is 1. The van der Waals surface area contributed by atoms with Crippen LogP contribution in [0.5, 0.6) is 0 Å². The van der Waals surface area contributed by atoms with Crippen molar-refractivity contribution in [2.24, 2.45) is 25.4 Å². The van der Waals surface area contributed by atoms with E-state index < -0.39 is 17.5 Å². The molecular weight excluding hydrogens is 344 g/mol. The van der Waals surface area contributed by atoms with Crippen molar-refractivity contribution in [3.63, 3.8) is 0 Å². The summed E-state index contributed by atoms with van der Waals surface area (Å²) in [6, 6.07) is 3.66. The topological polar surface area (TPSA) is 86.0 Å². The van der Waals surface area contributed by atoms with E-state index in [1.54, 1.807) is 19.4 Å². The predicted molar refractivity (Wildman–Crippen MR) is 102 cm³/mol. The lowest BCUT2D eigenvalue weighted by atomic mass is 9.67. The number of nitrogens with one attached hydrogen (secondary N) is 1. The third-order valence-corrected chi connectivity index (χ3v) is 5.53. The van der Waals surface area contributed by atoms with Crippen molar-refractivity contribution in [2.75, 3.05) is 5.32 Å². The van der Waals surface area contributed by atoms with Crippen molar-refractivity contribution < 1.29 is 4.79 Å². The van der Waals surface area contributed by atoms with E-state index in [9.17, 15) is 14.4 Å². The molecule has 0 bridgehead atoms. The summed E-state index contributed by atoms with van der Waals surface area (Å²) in [5.41, 5.74) is 0.982. The van der Waals surface area contributed by atoms with Gasteiger partial charge in [-0.05, 0) is 23.1 Å². The van der Waals surface area contributed by atoms with E-state index in [1.165, 1.54) is 11.6 Å². The number of carbonyl (C=O) groups excluding carboxylic acids is 1. The molecule has 2 aromatic rings. The van der Waals surface area contributed by atoms with Gasteiger partial charge in [-0.1, -0.05) is 19.9 Å². The fourth-order valence-electron chi connectivity index (χ4n) is 4.31. The van der Waals surface area contributed by atoms with Crippen LogP contribution in [-0.4, -0.2) is 19.9 Å². The molecule has 0 aromatic carbocycles. The predicted octanol–water partition coefficient (Wildman–Crippen LogP) is 1.54. The third kappa shape index (κ3) is 2.57. The summed E-state index contributed by atoms with van der Waals surface area (Å²) in [4.78, 5) is 42.7. The fraction of sp³-hybridized carbons (Fsp3) is 0.400. The van der Waals surface area contributed by atoms with Gasteiger partial charge in [-0.15, -0.1) is 0 Å². The number of rotatable bonds is 1. The van der Waals surface area contributed by atoms with Crippen molar-refractivity contribution in [2.45, 2.75) is 26.2 Å². The first-order chi connectivity index (χ1) is 12.7. The molecule has 2 aliphatic rings. The van der Waals surface area contributed by atoms with E-state index in [4.69, 9.17) is 0 Å². The average Bonchev–Trinajstić information content (AvgIpc) is 2.62. The Morgan fingerprint density at radius 3 is 2.41 bits per heavy atom. The zero-order chi connectivity index (χ0) is 19.5. The number of hydrogen-bond acceptors (Lipinski definition) is 5. The lowest BCUT2D eigenvalue weighted by Crippen LogP contribution is -2.47. The summed E-state index contributed by atoms with van der Waals surface area (Å²) in [6.07, 6.45) is 5.78. The third-order valence-electron chi connectivity index (χ3n) is 5.53. The van der Waals surface area contributed by atoms with Crippen molar-refractivity contribution >= 4 is 11.6 Å². The first-order valence-corrected chi connectivity index (χ1v) is 8.93. The molecule has 0 radical (unpaired) electrons. The lowest BCUT2D eigenvalue weighted by molar-refractivity contribution is -0.124. The molecule has 4 rings (SSSR count). The molecule has 2 aromatic heterocycles. The number of aromatic nitrogens is 3. The van der Waals surface area contributed by atoms with Gasteiger partial charge in [0, 0.05) is 44.5 Å². The van der Waals surface area contributed by atoms with E-state index in [2.05, 4.69) is 16.4 Å². The summed E-state index contributed by atoms with van der Waals surface area (Å²) >= 11 is 0. The van der Waals surface area contributed by atoms with E-state index in [-0.39, 0.29) is 16.8 Å². The fourth-order valence-corrected chi connectivity index (χ4v) is 4.31. The molecule has 0 saturated carbocycles. The van der Waals surface area contributed by atoms with Crippen LogP contribution in [0.2, 0.25) is 0 Å². The maximum atomic E-state index is 13.1. The monoisotopic (exact) mass is 366 g/mol. The second kappa shape index (κ2) is 5.77. The number of Topliss-reactive ketones (excluding diaryl/α,β-unsaturated/α-hetero) is 1. The van der Waals surface area contributed by atoms with Crippen molar-refractivity contribution in [3.05, 3.63) is 68.3 Å². The summed E-state index contributed by atoms with van der Waals surface area (Å²) in [6.45, 7) is 4.02. The Balaban J connectivity index is 2.09. The SMILES string of the molecule is Cn1c2c(c(=O)n(C)c1=O)[C@H](c1ccncc1)[C@H]1C(=O)CC(C)(C)C=C1N2. The van der Waals surface area contributed by atoms with Gasteiger partial charge in [-0.25, -0.2) is 4.79 Å². The average molecular weight is 366 g/mol. The first-order valence-electron chi connectivity index (χ1n) is 8.93. The zero-order valence-corrected chi connectivity index (χ0v) is 15.8. The van der Waals surface area contributed by atoms with Gasteiger partial charge in [0.05, 0.1) is 11.5 Å². The minimum absolute atomic E-state index is 0.0911. The molecule has 1 aliphatic heterocycles. The normalized spacial score (nSPS) is 23.1. The Kier molecular flexibility index (Phi) is 3.73. The van der Waals surface area contributed by atoms with E-state index in [1.807, 2.05) is 26.0 Å². The van der Waals surface area contributed by atoms with Crippen LogP contribution < -0.4 is 16.6 Å². The number of fused-ring (bicyclic) bond motifs is 2. The highest BCUT2D eigenvalue weighted by Crippen LogP contribution is 2.47. The molecule has 3 heterocycles. The van der Waals surface area contributed by atoms with Crippen LogP contribution in [0.1, 0.15) is 37.3 Å². The molecular formula is C20H22N4O3. The van der Waals surface area contributed by atoms with Crippen LogP contribution >= 0.6 is 0 Å². The van der Waals surface area contributed by atoms with E-state index in [0.717, 1.165) is 15.8 Å². The molecule has 0 spiro atoms. The molecule has 2 atom stereocenters. The number of ketones is 1. The highest BCUT2D eigenvalue weighted by molar-refractivity contribution is 5.90. The van der Waals surface area contributed by atoms with Gasteiger partial charge in [0.1, 0.15) is 11.6 Å². The molecule has 0 saturated heterocycles. The van der Waals surface area contributed by atoms with Gasteiger partial charge >= 0.3 is 5.69 Å². The molecule has 0 unspecified atom stereocenters. The Morgan fingerprint density at radius 1 is 1.07 bits per heavy atom. The van der Waals surface area contributed by atoms with Gasteiger partial charge in [0.25, 0.3) is 5.56 Å². The zero-order valence-electron chi connectivity index (χ0n) is 15.8. The number of anilines is 1. The standard InChI is InChI=1S/C20H22N4O3/c1-20(2)9-12-15(13(25)10-20)14(11-5-7-21-8-6-11)16-17(22-12)23(3)19(27)24(4)18(16)26/h5-9,14-15,22H,10H2,1-4H3/t14-,15-/m1/s1. The summed E-state index contributed by atoms with van der Waals surface area (Å²) in [7, 11) is 3.10. The summed E-state index contributed by atoms with van der Waals surface area (Å²) < 4.78 is 2.54. The van der Waals surface area contributed by atoms with Crippen molar-refractivity contribution in [3.8, 4) is 0 Å². The highest BCUT2D eigenvalue weighted by atomic mass is 16.2. The molecule has 7 heteroatoms. The minimum Gasteiger partial charge on any atom is -0.344 e. The first kappa shape index (κ1) is 17.5. The molecule has 1 aliphatic carbocycles. The Labute approximate surface area is 156 Å². The Hall–Kier alpha value is -2.96. The maximum Gasteiger partial charge on any atom is 0.332 e. The molecule has 0 amide bonds. The Morgan fingerprint density at radius 2 is 1.74 bits per heavy atom. The second-order valence-corrected chi connectivity index (χ2v) is 8.06. The van der Waals surface area contributed by atoms with Gasteiger partial charge < -0.3 is 5.32 Å². The maximum absolute atomic E-state index is 13.1. The lowest BCUT2D eigenvalue weighted by Gasteiger charge is -2.41. The van der Waals surface area contributed by atoms with Gasteiger partial charge in [-0.3, -0.25) is 23.7 Å². The van der Waals surface area contributed by atoms with Crippen LogP contribution in [-0.2, 0) is 18.9 Å². The Bertz CT molecular complexity index is 1090. The van der Waals surface area contributed by atoms with Crippen LogP contribution in [0, 0.1) is 11.3 Å². The van der Waals surface area contributed by atoms with Crippen LogP contribution in [0.4, 0.5) is 5.82 Å². The number of nitrogens with zero attached hydrogens (tertiary/aromatic N) is 3. The molecule has 1 N–H and O–H groups in total. The van der Waals surface area contributed by atoms with Crippen LogP contribution in [0.25, 0.3) is 0 Å². The smallest absolute Gasteiger partial charge is 0.332 e. The van der Waals surface area contributed by atoms with Gasteiger partial charge in [-0.2, -0.15) is 0 Å². The molecule has 140 valence electrons. The second-order valence-electron chi connectivity index (χ2n) is 8.06. The van der Waals surface area contributed by atoms with Gasteiger partial charge in [0.15, 0.2) is 0 Å². The van der Waals surface area contributed by atoms with Crippen LogP contribution in [0.15, 0.2) is 45.9 Å². The molecule has 27 heavy (non-hydrogen) atoms. The van der Waals surface area contributed by atoms with Crippen molar-refractivity contribution in [1.29, 1.82) is 0 Å². The molecule has 7 nitrogen and oxygen atoms in total. The minimum atomic E-state index is -0.474. The summed E-state index contributed by atoms with van der Waals surface area (Å²) in [5, 5.41) is 3.24. The quantitative estimate of drug-likeness (QED) is 0.827. The number of hydrogen-bond donors (Lipinski definition) is 1. The number of pyridine rings is 1. The van der Waals surface area contributed by atoms with E-state index >= 15 is 0 Å².